The van der Waals surface area contributed by atoms with E-state index < -0.39 is 0 Å². The minimum absolute atomic E-state index is 0.0198. The predicted molar refractivity (Wildman–Crippen MR) is 85.2 cm³/mol. The quantitative estimate of drug-likeness (QED) is 0.731. The van der Waals surface area contributed by atoms with Crippen molar-refractivity contribution < 1.29 is 9.53 Å². The van der Waals surface area contributed by atoms with Crippen LogP contribution in [0.2, 0.25) is 0 Å². The average Bonchev–Trinajstić information content (AvgIpc) is 2.52. The van der Waals surface area contributed by atoms with E-state index in [1.54, 1.807) is 7.11 Å². The second-order valence-corrected chi connectivity index (χ2v) is 4.94. The van der Waals surface area contributed by atoms with Crippen molar-refractivity contribution in [3.05, 3.63) is 48.0 Å². The third-order valence-corrected chi connectivity index (χ3v) is 3.33. The van der Waals surface area contributed by atoms with Crippen LogP contribution in [0.3, 0.4) is 0 Å². The summed E-state index contributed by atoms with van der Waals surface area (Å²) in [5.74, 6) is 0.0198. The molecule has 0 fully saturated rings. The van der Waals surface area contributed by atoms with E-state index in [4.69, 9.17) is 4.74 Å². The number of benzene rings is 2. The van der Waals surface area contributed by atoms with Gasteiger partial charge >= 0.3 is 0 Å². The molecule has 2 N–H and O–H groups in total. The lowest BCUT2D eigenvalue weighted by molar-refractivity contribution is -0.120. The number of rotatable bonds is 8. The Morgan fingerprint density at radius 1 is 1.14 bits per heavy atom. The molecule has 1 amide bonds. The van der Waals surface area contributed by atoms with E-state index in [0.29, 0.717) is 26.2 Å². The Morgan fingerprint density at radius 2 is 1.95 bits per heavy atom. The smallest absolute Gasteiger partial charge is 0.233 e. The molecule has 0 aromatic heterocycles. The van der Waals surface area contributed by atoms with Gasteiger partial charge in [-0.2, -0.15) is 0 Å². The summed E-state index contributed by atoms with van der Waals surface area (Å²) in [5, 5.41) is 8.50. The molecule has 0 aliphatic heterocycles. The number of methoxy groups -OCH3 is 1. The minimum atomic E-state index is 0.0198. The van der Waals surface area contributed by atoms with Crippen LogP contribution in [0.4, 0.5) is 0 Å². The van der Waals surface area contributed by atoms with Gasteiger partial charge in [-0.25, -0.2) is 0 Å². The van der Waals surface area contributed by atoms with Gasteiger partial charge in [0.2, 0.25) is 5.91 Å². The summed E-state index contributed by atoms with van der Waals surface area (Å²) in [7, 11) is 1.66. The molecule has 0 unspecified atom stereocenters. The maximum atomic E-state index is 11.6. The van der Waals surface area contributed by atoms with E-state index in [9.17, 15) is 4.79 Å². The van der Waals surface area contributed by atoms with Crippen molar-refractivity contribution in [1.29, 1.82) is 0 Å². The maximum Gasteiger partial charge on any atom is 0.233 e. The zero-order valence-corrected chi connectivity index (χ0v) is 12.4. The Kier molecular flexibility index (Phi) is 6.19. The summed E-state index contributed by atoms with van der Waals surface area (Å²) < 4.78 is 4.94. The van der Waals surface area contributed by atoms with Crippen molar-refractivity contribution in [2.45, 2.75) is 13.0 Å². The van der Waals surface area contributed by atoms with Gasteiger partial charge in [0.15, 0.2) is 0 Å². The monoisotopic (exact) mass is 286 g/mol. The number of fused-ring (bicyclic) bond motifs is 1. The summed E-state index contributed by atoms with van der Waals surface area (Å²) >= 11 is 0. The van der Waals surface area contributed by atoms with Gasteiger partial charge in [0.1, 0.15) is 0 Å². The molecule has 0 radical (unpaired) electrons. The zero-order valence-electron chi connectivity index (χ0n) is 12.4. The summed E-state index contributed by atoms with van der Waals surface area (Å²) in [6.07, 6.45) is 0.839. The van der Waals surface area contributed by atoms with Crippen molar-refractivity contribution in [1.82, 2.24) is 10.6 Å². The number of ether oxygens (including phenoxy) is 1. The Hall–Kier alpha value is -1.91. The largest absolute Gasteiger partial charge is 0.385 e. The Labute approximate surface area is 125 Å². The number of nitrogens with one attached hydrogen (secondary N) is 2. The molecule has 2 aromatic rings. The summed E-state index contributed by atoms with van der Waals surface area (Å²) in [4.78, 5) is 11.6. The van der Waals surface area contributed by atoms with Crippen LogP contribution in [0, 0.1) is 0 Å². The van der Waals surface area contributed by atoms with Crippen LogP contribution in [0.5, 0.6) is 0 Å². The van der Waals surface area contributed by atoms with Gasteiger partial charge < -0.3 is 15.4 Å². The van der Waals surface area contributed by atoms with Gasteiger partial charge in [0.25, 0.3) is 0 Å². The normalized spacial score (nSPS) is 10.7. The Morgan fingerprint density at radius 3 is 2.81 bits per heavy atom. The lowest BCUT2D eigenvalue weighted by Gasteiger charge is -2.09. The molecular weight excluding hydrogens is 264 g/mol. The minimum Gasteiger partial charge on any atom is -0.385 e. The summed E-state index contributed by atoms with van der Waals surface area (Å²) in [6.45, 7) is 2.34. The average molecular weight is 286 g/mol. The SMILES string of the molecule is COCCCNC(=O)CNCc1cccc2ccccc12. The fourth-order valence-electron chi connectivity index (χ4n) is 2.26. The Balaban J connectivity index is 1.78. The van der Waals surface area contributed by atoms with Crippen LogP contribution in [-0.2, 0) is 16.1 Å². The van der Waals surface area contributed by atoms with Crippen molar-refractivity contribution in [3.63, 3.8) is 0 Å². The molecule has 4 heteroatoms. The highest BCUT2D eigenvalue weighted by Crippen LogP contribution is 2.17. The zero-order chi connectivity index (χ0) is 14.9. The molecule has 0 heterocycles. The van der Waals surface area contributed by atoms with Crippen LogP contribution in [-0.4, -0.2) is 32.7 Å². The topological polar surface area (TPSA) is 50.4 Å². The van der Waals surface area contributed by atoms with E-state index in [2.05, 4.69) is 34.9 Å². The predicted octanol–water partition coefficient (Wildman–Crippen LogP) is 2.08. The molecule has 0 bridgehead atoms. The van der Waals surface area contributed by atoms with Gasteiger partial charge in [-0.1, -0.05) is 42.5 Å². The number of carbonyl (C=O) groups is 1. The number of carbonyl (C=O) groups excluding carboxylic acids is 1. The third kappa shape index (κ3) is 4.85. The molecular formula is C17H22N2O2. The summed E-state index contributed by atoms with van der Waals surface area (Å²) in [6, 6.07) is 14.5. The first-order chi connectivity index (χ1) is 10.3. The van der Waals surface area contributed by atoms with E-state index in [1.165, 1.54) is 16.3 Å². The van der Waals surface area contributed by atoms with Gasteiger partial charge in [-0.3, -0.25) is 4.79 Å². The lowest BCUT2D eigenvalue weighted by Crippen LogP contribution is -2.34. The van der Waals surface area contributed by atoms with Crippen molar-refractivity contribution in [2.75, 3.05) is 26.8 Å². The highest BCUT2D eigenvalue weighted by atomic mass is 16.5. The van der Waals surface area contributed by atoms with Crippen molar-refractivity contribution >= 4 is 16.7 Å². The van der Waals surface area contributed by atoms with Gasteiger partial charge in [0.05, 0.1) is 6.54 Å². The van der Waals surface area contributed by atoms with Crippen LogP contribution >= 0.6 is 0 Å². The highest BCUT2D eigenvalue weighted by Gasteiger charge is 2.02. The molecule has 2 rings (SSSR count). The molecule has 4 nitrogen and oxygen atoms in total. The van der Waals surface area contributed by atoms with Crippen molar-refractivity contribution in [2.24, 2.45) is 0 Å². The summed E-state index contributed by atoms with van der Waals surface area (Å²) in [5.41, 5.74) is 1.21. The molecule has 112 valence electrons. The molecule has 0 atom stereocenters. The molecule has 0 aliphatic rings. The standard InChI is InChI=1S/C17H22N2O2/c1-21-11-5-10-19-17(20)13-18-12-15-8-4-7-14-6-2-3-9-16(14)15/h2-4,6-9,18H,5,10-13H2,1H3,(H,19,20). The fourth-order valence-corrected chi connectivity index (χ4v) is 2.26. The first kappa shape index (κ1) is 15.5. The second-order valence-electron chi connectivity index (χ2n) is 4.94. The van der Waals surface area contributed by atoms with E-state index in [-0.39, 0.29) is 5.91 Å². The van der Waals surface area contributed by atoms with Crippen LogP contribution in [0.25, 0.3) is 10.8 Å². The molecule has 0 aliphatic carbocycles. The second kappa shape index (κ2) is 8.39. The molecule has 0 spiro atoms. The van der Waals surface area contributed by atoms with Crippen LogP contribution < -0.4 is 10.6 Å². The molecule has 21 heavy (non-hydrogen) atoms. The van der Waals surface area contributed by atoms with Crippen molar-refractivity contribution in [3.8, 4) is 0 Å². The third-order valence-electron chi connectivity index (χ3n) is 3.33. The van der Waals surface area contributed by atoms with Gasteiger partial charge in [-0.15, -0.1) is 0 Å². The van der Waals surface area contributed by atoms with E-state index in [1.807, 2.05) is 18.2 Å². The molecule has 0 saturated carbocycles. The molecule has 0 saturated heterocycles. The fraction of sp³-hybridized carbons (Fsp3) is 0.353. The first-order valence-corrected chi connectivity index (χ1v) is 7.24. The van der Waals surface area contributed by atoms with Crippen LogP contribution in [0.15, 0.2) is 42.5 Å². The van der Waals surface area contributed by atoms with E-state index >= 15 is 0 Å². The maximum absolute atomic E-state index is 11.6. The van der Waals surface area contributed by atoms with Gasteiger partial charge in [0, 0.05) is 26.8 Å². The number of hydrogen-bond donors (Lipinski definition) is 2. The van der Waals surface area contributed by atoms with Crippen LogP contribution in [0.1, 0.15) is 12.0 Å². The van der Waals surface area contributed by atoms with Gasteiger partial charge in [-0.05, 0) is 22.8 Å². The Bertz CT molecular complexity index is 579. The lowest BCUT2D eigenvalue weighted by atomic mass is 10.0. The van der Waals surface area contributed by atoms with E-state index in [0.717, 1.165) is 6.42 Å². The molecule has 2 aromatic carbocycles. The first-order valence-electron chi connectivity index (χ1n) is 7.24. The highest BCUT2D eigenvalue weighted by molar-refractivity contribution is 5.85. The number of hydrogen-bond acceptors (Lipinski definition) is 3. The number of amides is 1.